The van der Waals surface area contributed by atoms with Crippen molar-refractivity contribution in [2.24, 2.45) is 0 Å². The summed E-state index contributed by atoms with van der Waals surface area (Å²) >= 11 is 1.42. The van der Waals surface area contributed by atoms with Crippen molar-refractivity contribution < 1.29 is 9.59 Å². The Morgan fingerprint density at radius 3 is 2.47 bits per heavy atom. The van der Waals surface area contributed by atoms with Crippen LogP contribution in [0.1, 0.15) is 22.2 Å². The first kappa shape index (κ1) is 13.3. The number of hydrogen-bond donors (Lipinski definition) is 2. The second kappa shape index (κ2) is 6.15. The fraction of sp³-hybridized carbons (Fsp3) is 0.143. The number of nitrogens with one attached hydrogen (secondary N) is 2. The predicted octanol–water partition coefficient (Wildman–Crippen LogP) is 2.64. The van der Waals surface area contributed by atoms with Gasteiger partial charge in [-0.1, -0.05) is 18.2 Å². The van der Waals surface area contributed by atoms with Crippen LogP contribution >= 0.6 is 11.3 Å². The number of thiophene rings is 1. The minimum atomic E-state index is -0.0984. The summed E-state index contributed by atoms with van der Waals surface area (Å²) in [6.07, 6.45) is 0. The predicted molar refractivity (Wildman–Crippen MR) is 76.2 cm³/mol. The highest BCUT2D eigenvalue weighted by Gasteiger charge is 2.05. The van der Waals surface area contributed by atoms with E-state index in [1.807, 2.05) is 35.7 Å². The lowest BCUT2D eigenvalue weighted by molar-refractivity contribution is -0.114. The molecule has 98 valence electrons. The number of carbonyl (C=O) groups excluding carboxylic acids is 2. The third-order valence-corrected chi connectivity index (χ3v) is 3.34. The Morgan fingerprint density at radius 2 is 1.89 bits per heavy atom. The summed E-state index contributed by atoms with van der Waals surface area (Å²) in [5, 5.41) is 7.41. The zero-order valence-corrected chi connectivity index (χ0v) is 11.3. The van der Waals surface area contributed by atoms with Crippen LogP contribution in [0.3, 0.4) is 0 Å². The van der Waals surface area contributed by atoms with Crippen molar-refractivity contribution in [3.05, 3.63) is 52.2 Å². The van der Waals surface area contributed by atoms with Gasteiger partial charge < -0.3 is 10.6 Å². The Morgan fingerprint density at radius 1 is 1.16 bits per heavy atom. The summed E-state index contributed by atoms with van der Waals surface area (Å²) in [7, 11) is 0. The molecule has 0 aliphatic carbocycles. The van der Waals surface area contributed by atoms with Gasteiger partial charge in [0.2, 0.25) is 5.91 Å². The van der Waals surface area contributed by atoms with E-state index >= 15 is 0 Å². The molecular formula is C14H14N2O2S. The number of rotatable bonds is 4. The Kier molecular flexibility index (Phi) is 4.30. The van der Waals surface area contributed by atoms with E-state index in [-0.39, 0.29) is 11.8 Å². The van der Waals surface area contributed by atoms with E-state index < -0.39 is 0 Å². The number of amides is 2. The van der Waals surface area contributed by atoms with E-state index in [0.29, 0.717) is 11.4 Å². The highest BCUT2D eigenvalue weighted by molar-refractivity contribution is 7.12. The monoisotopic (exact) mass is 274 g/mol. The quantitative estimate of drug-likeness (QED) is 0.900. The van der Waals surface area contributed by atoms with E-state index in [2.05, 4.69) is 10.6 Å². The second-order valence-electron chi connectivity index (χ2n) is 4.04. The van der Waals surface area contributed by atoms with Crippen LogP contribution in [-0.2, 0) is 11.3 Å². The van der Waals surface area contributed by atoms with Crippen LogP contribution in [0, 0.1) is 0 Å². The van der Waals surface area contributed by atoms with Crippen LogP contribution < -0.4 is 10.6 Å². The zero-order chi connectivity index (χ0) is 13.7. The average Bonchev–Trinajstić information content (AvgIpc) is 2.91. The molecule has 0 aliphatic heterocycles. The Balaban J connectivity index is 1.89. The van der Waals surface area contributed by atoms with Crippen LogP contribution in [0.15, 0.2) is 41.8 Å². The van der Waals surface area contributed by atoms with E-state index in [1.165, 1.54) is 18.3 Å². The van der Waals surface area contributed by atoms with Crippen molar-refractivity contribution in [1.29, 1.82) is 0 Å². The topological polar surface area (TPSA) is 58.2 Å². The van der Waals surface area contributed by atoms with Gasteiger partial charge in [0.15, 0.2) is 0 Å². The van der Waals surface area contributed by atoms with Gasteiger partial charge in [-0.15, -0.1) is 11.3 Å². The molecule has 2 amide bonds. The minimum absolute atomic E-state index is 0.0686. The van der Waals surface area contributed by atoms with Gasteiger partial charge in [-0.25, -0.2) is 0 Å². The first-order valence-electron chi connectivity index (χ1n) is 5.83. The minimum Gasteiger partial charge on any atom is -0.347 e. The summed E-state index contributed by atoms with van der Waals surface area (Å²) in [5.41, 5.74) is 1.74. The molecule has 0 bridgehead atoms. The van der Waals surface area contributed by atoms with Gasteiger partial charge in [0.1, 0.15) is 0 Å². The molecule has 1 aromatic heterocycles. The van der Waals surface area contributed by atoms with Crippen LogP contribution in [0.5, 0.6) is 0 Å². The molecule has 0 saturated carbocycles. The highest BCUT2D eigenvalue weighted by Crippen LogP contribution is 2.11. The molecule has 0 atom stereocenters. The van der Waals surface area contributed by atoms with Crippen molar-refractivity contribution in [3.8, 4) is 0 Å². The summed E-state index contributed by atoms with van der Waals surface area (Å²) in [6.45, 7) is 1.94. The summed E-state index contributed by atoms with van der Waals surface area (Å²) in [5.74, 6) is -0.167. The van der Waals surface area contributed by atoms with Gasteiger partial charge in [-0.05, 0) is 29.1 Å². The van der Waals surface area contributed by atoms with Gasteiger partial charge in [-0.3, -0.25) is 9.59 Å². The fourth-order valence-corrected chi connectivity index (χ4v) is 2.23. The molecule has 4 nitrogen and oxygen atoms in total. The van der Waals surface area contributed by atoms with Gasteiger partial charge in [-0.2, -0.15) is 0 Å². The van der Waals surface area contributed by atoms with Gasteiger partial charge in [0, 0.05) is 19.2 Å². The molecule has 0 radical (unpaired) electrons. The lowest BCUT2D eigenvalue weighted by Gasteiger charge is -2.06. The van der Waals surface area contributed by atoms with Crippen molar-refractivity contribution in [2.75, 3.05) is 5.32 Å². The van der Waals surface area contributed by atoms with Gasteiger partial charge in [0.05, 0.1) is 4.88 Å². The lowest BCUT2D eigenvalue weighted by atomic mass is 10.2. The Bertz CT molecular complexity index is 562. The van der Waals surface area contributed by atoms with Crippen molar-refractivity contribution in [2.45, 2.75) is 13.5 Å². The number of anilines is 1. The van der Waals surface area contributed by atoms with Crippen LogP contribution in [0.4, 0.5) is 5.69 Å². The fourth-order valence-electron chi connectivity index (χ4n) is 1.59. The highest BCUT2D eigenvalue weighted by atomic mass is 32.1. The van der Waals surface area contributed by atoms with Crippen LogP contribution in [0.2, 0.25) is 0 Å². The molecule has 1 heterocycles. The molecule has 2 N–H and O–H groups in total. The SMILES string of the molecule is CC(=O)Nc1ccc(CNC(=O)c2cccs2)cc1. The van der Waals surface area contributed by atoms with Crippen LogP contribution in [0.25, 0.3) is 0 Å². The van der Waals surface area contributed by atoms with Gasteiger partial charge in [0.25, 0.3) is 5.91 Å². The standard InChI is InChI=1S/C14H14N2O2S/c1-10(17)16-12-6-4-11(5-7-12)9-15-14(18)13-3-2-8-19-13/h2-8H,9H2,1H3,(H,15,18)(H,16,17). The first-order chi connectivity index (χ1) is 9.15. The third kappa shape index (κ3) is 3.93. The molecule has 0 spiro atoms. The van der Waals surface area contributed by atoms with E-state index in [4.69, 9.17) is 0 Å². The molecule has 5 heteroatoms. The Labute approximate surface area is 115 Å². The van der Waals surface area contributed by atoms with Crippen molar-refractivity contribution in [1.82, 2.24) is 5.32 Å². The molecule has 0 unspecified atom stereocenters. The summed E-state index contributed by atoms with van der Waals surface area (Å²) in [6, 6.07) is 11.0. The normalized spacial score (nSPS) is 9.95. The van der Waals surface area contributed by atoms with Crippen LogP contribution in [-0.4, -0.2) is 11.8 Å². The second-order valence-corrected chi connectivity index (χ2v) is 4.99. The number of benzene rings is 1. The first-order valence-corrected chi connectivity index (χ1v) is 6.71. The molecule has 0 aliphatic rings. The number of hydrogen-bond acceptors (Lipinski definition) is 3. The molecular weight excluding hydrogens is 260 g/mol. The van der Waals surface area contributed by atoms with Crippen molar-refractivity contribution >= 4 is 28.8 Å². The van der Waals surface area contributed by atoms with E-state index in [9.17, 15) is 9.59 Å². The largest absolute Gasteiger partial charge is 0.347 e. The molecule has 2 aromatic rings. The molecule has 19 heavy (non-hydrogen) atoms. The molecule has 0 fully saturated rings. The zero-order valence-electron chi connectivity index (χ0n) is 10.5. The average molecular weight is 274 g/mol. The lowest BCUT2D eigenvalue weighted by Crippen LogP contribution is -2.21. The maximum absolute atomic E-state index is 11.7. The van der Waals surface area contributed by atoms with E-state index in [1.54, 1.807) is 6.07 Å². The third-order valence-electron chi connectivity index (χ3n) is 2.47. The smallest absolute Gasteiger partial charge is 0.261 e. The maximum atomic E-state index is 11.7. The summed E-state index contributed by atoms with van der Waals surface area (Å²) < 4.78 is 0. The van der Waals surface area contributed by atoms with E-state index in [0.717, 1.165) is 11.3 Å². The van der Waals surface area contributed by atoms with Gasteiger partial charge >= 0.3 is 0 Å². The molecule has 0 saturated heterocycles. The molecule has 1 aromatic carbocycles. The van der Waals surface area contributed by atoms with Crippen molar-refractivity contribution in [3.63, 3.8) is 0 Å². The summed E-state index contributed by atoms with van der Waals surface area (Å²) in [4.78, 5) is 23.3. The molecule has 2 rings (SSSR count). The Hall–Kier alpha value is -2.14. The maximum Gasteiger partial charge on any atom is 0.261 e. The number of carbonyl (C=O) groups is 2.